The molecule has 0 radical (unpaired) electrons. The number of nitrogens with zero attached hydrogens (tertiary/aromatic N) is 1. The summed E-state index contributed by atoms with van der Waals surface area (Å²) in [7, 11) is 0. The van der Waals surface area contributed by atoms with E-state index in [1.54, 1.807) is 0 Å². The van der Waals surface area contributed by atoms with E-state index in [4.69, 9.17) is 11.6 Å². The molecule has 2 heterocycles. The lowest BCUT2D eigenvalue weighted by molar-refractivity contribution is -0.128. The second-order valence-electron chi connectivity index (χ2n) is 9.30. The summed E-state index contributed by atoms with van der Waals surface area (Å²) in [5.74, 6) is -0.258. The summed E-state index contributed by atoms with van der Waals surface area (Å²) in [6, 6.07) is 7.61. The standard InChI is InChI=1S/C24H29ClN2O2/c1-15-20(23(29)27-11-7-4-8-12-27)21(16-9-5-6-10-17(16)25)22-18(26-15)13-24(2,3)14-19(22)28/h5-6,9-10,21,26H,4,7-8,11-14H2,1-3H3/t21-/m0/s1. The number of dihydropyridines is 1. The molecule has 1 saturated heterocycles. The first-order valence-corrected chi connectivity index (χ1v) is 10.9. The number of halogens is 1. The minimum atomic E-state index is -0.405. The van der Waals surface area contributed by atoms with Gasteiger partial charge in [0.05, 0.1) is 0 Å². The number of hydrogen-bond donors (Lipinski definition) is 1. The molecule has 2 aliphatic heterocycles. The van der Waals surface area contributed by atoms with Gasteiger partial charge in [0.2, 0.25) is 0 Å². The summed E-state index contributed by atoms with van der Waals surface area (Å²) >= 11 is 6.59. The fourth-order valence-corrected chi connectivity index (χ4v) is 5.25. The molecule has 29 heavy (non-hydrogen) atoms. The SMILES string of the molecule is CC1=C(C(=O)N2CCCCC2)[C@H](c2ccccc2Cl)C2=C(CC(C)(C)CC2=O)N1. The van der Waals surface area contributed by atoms with Crippen molar-refractivity contribution in [2.45, 2.75) is 58.8 Å². The van der Waals surface area contributed by atoms with Gasteiger partial charge in [0.15, 0.2) is 5.78 Å². The Hall–Kier alpha value is -2.07. The highest BCUT2D eigenvalue weighted by atomic mass is 35.5. The number of ketones is 1. The molecule has 154 valence electrons. The maximum atomic E-state index is 13.6. The van der Waals surface area contributed by atoms with Crippen LogP contribution in [0.1, 0.15) is 64.4 Å². The van der Waals surface area contributed by atoms with Gasteiger partial charge < -0.3 is 10.2 Å². The molecule has 0 bridgehead atoms. The molecule has 1 fully saturated rings. The number of nitrogens with one attached hydrogen (secondary N) is 1. The van der Waals surface area contributed by atoms with Gasteiger partial charge in [-0.05, 0) is 49.7 Å². The summed E-state index contributed by atoms with van der Waals surface area (Å²) < 4.78 is 0. The van der Waals surface area contributed by atoms with Crippen molar-refractivity contribution in [3.63, 3.8) is 0 Å². The molecule has 5 heteroatoms. The Balaban J connectivity index is 1.85. The fraction of sp³-hybridized carbons (Fsp3) is 0.500. The Morgan fingerprint density at radius 2 is 1.83 bits per heavy atom. The Bertz CT molecular complexity index is 923. The molecule has 1 aromatic rings. The van der Waals surface area contributed by atoms with Crippen LogP contribution < -0.4 is 5.32 Å². The van der Waals surface area contributed by atoms with Gasteiger partial charge in [0, 0.05) is 53.0 Å². The average Bonchev–Trinajstić information content (AvgIpc) is 2.66. The van der Waals surface area contributed by atoms with Gasteiger partial charge in [-0.3, -0.25) is 9.59 Å². The number of amides is 1. The zero-order valence-corrected chi connectivity index (χ0v) is 18.2. The lowest BCUT2D eigenvalue weighted by Crippen LogP contribution is -2.43. The molecule has 1 aliphatic carbocycles. The van der Waals surface area contributed by atoms with Gasteiger partial charge in [0.1, 0.15) is 0 Å². The monoisotopic (exact) mass is 412 g/mol. The quantitative estimate of drug-likeness (QED) is 0.747. The van der Waals surface area contributed by atoms with Crippen molar-refractivity contribution in [1.29, 1.82) is 0 Å². The maximum Gasteiger partial charge on any atom is 0.252 e. The predicted octanol–water partition coefficient (Wildman–Crippen LogP) is 4.96. The third-order valence-corrected chi connectivity index (χ3v) is 6.67. The summed E-state index contributed by atoms with van der Waals surface area (Å²) in [5.41, 5.74) is 3.94. The fourth-order valence-electron chi connectivity index (χ4n) is 5.01. The molecular weight excluding hydrogens is 384 g/mol. The van der Waals surface area contributed by atoms with E-state index in [0.29, 0.717) is 17.0 Å². The van der Waals surface area contributed by atoms with Gasteiger partial charge in [-0.25, -0.2) is 0 Å². The molecule has 0 aromatic heterocycles. The Morgan fingerprint density at radius 1 is 1.14 bits per heavy atom. The van der Waals surface area contributed by atoms with Crippen LogP contribution in [-0.2, 0) is 9.59 Å². The largest absolute Gasteiger partial charge is 0.362 e. The van der Waals surface area contributed by atoms with Gasteiger partial charge in [-0.15, -0.1) is 0 Å². The zero-order valence-electron chi connectivity index (χ0n) is 17.5. The van der Waals surface area contributed by atoms with Gasteiger partial charge in [-0.2, -0.15) is 0 Å². The predicted molar refractivity (Wildman–Crippen MR) is 116 cm³/mol. The van der Waals surface area contributed by atoms with Crippen molar-refractivity contribution < 1.29 is 9.59 Å². The van der Waals surface area contributed by atoms with Crippen LogP contribution in [-0.4, -0.2) is 29.7 Å². The Kier molecular flexibility index (Phi) is 5.32. The molecular formula is C24H29ClN2O2. The molecule has 1 amide bonds. The molecule has 0 spiro atoms. The van der Waals surface area contributed by atoms with Crippen LogP contribution in [0, 0.1) is 5.41 Å². The number of piperidine rings is 1. The number of carbonyl (C=O) groups excluding carboxylic acids is 2. The summed E-state index contributed by atoms with van der Waals surface area (Å²) in [4.78, 5) is 28.9. The van der Waals surface area contributed by atoms with E-state index in [9.17, 15) is 9.59 Å². The lowest BCUT2D eigenvalue weighted by atomic mass is 9.68. The molecule has 0 saturated carbocycles. The zero-order chi connectivity index (χ0) is 20.8. The van der Waals surface area contributed by atoms with E-state index in [-0.39, 0.29) is 17.1 Å². The first-order valence-electron chi connectivity index (χ1n) is 10.6. The molecule has 0 unspecified atom stereocenters. The normalized spacial score (nSPS) is 24.3. The Labute approximate surface area is 178 Å². The second-order valence-corrected chi connectivity index (χ2v) is 9.71. The number of hydrogen-bond acceptors (Lipinski definition) is 3. The van der Waals surface area contributed by atoms with Gasteiger partial charge in [-0.1, -0.05) is 43.6 Å². The molecule has 4 rings (SSSR count). The lowest BCUT2D eigenvalue weighted by Gasteiger charge is -2.41. The van der Waals surface area contributed by atoms with Crippen molar-refractivity contribution in [1.82, 2.24) is 10.2 Å². The maximum absolute atomic E-state index is 13.6. The van der Waals surface area contributed by atoms with Crippen molar-refractivity contribution in [3.05, 3.63) is 57.4 Å². The number of Topliss-reactive ketones (excluding diaryl/α,β-unsaturated/α-hetero) is 1. The van der Waals surface area contributed by atoms with Crippen molar-refractivity contribution in [3.8, 4) is 0 Å². The van der Waals surface area contributed by atoms with Crippen LogP contribution in [0.4, 0.5) is 0 Å². The molecule has 1 aromatic carbocycles. The topological polar surface area (TPSA) is 49.4 Å². The molecule has 1 N–H and O–H groups in total. The van der Waals surface area contributed by atoms with Crippen LogP contribution in [0.15, 0.2) is 46.8 Å². The molecule has 4 nitrogen and oxygen atoms in total. The molecule has 3 aliphatic rings. The third kappa shape index (κ3) is 3.75. The van der Waals surface area contributed by atoms with Crippen LogP contribution in [0.2, 0.25) is 5.02 Å². The van der Waals surface area contributed by atoms with Crippen molar-refractivity contribution in [2.24, 2.45) is 5.41 Å². The van der Waals surface area contributed by atoms with Gasteiger partial charge >= 0.3 is 0 Å². The van der Waals surface area contributed by atoms with E-state index >= 15 is 0 Å². The highest BCUT2D eigenvalue weighted by Gasteiger charge is 2.44. The van der Waals surface area contributed by atoms with Crippen LogP contribution in [0.25, 0.3) is 0 Å². The summed E-state index contributed by atoms with van der Waals surface area (Å²) in [6.07, 6.45) is 4.50. The second kappa shape index (κ2) is 7.64. The van der Waals surface area contributed by atoms with Crippen molar-refractivity contribution >= 4 is 23.3 Å². The number of allylic oxidation sites excluding steroid dienone is 3. The number of likely N-dealkylation sites (tertiary alicyclic amines) is 1. The summed E-state index contributed by atoms with van der Waals surface area (Å²) in [5, 5.41) is 4.04. The van der Waals surface area contributed by atoms with Crippen LogP contribution in [0.3, 0.4) is 0 Å². The van der Waals surface area contributed by atoms with E-state index < -0.39 is 5.92 Å². The minimum Gasteiger partial charge on any atom is -0.362 e. The van der Waals surface area contributed by atoms with Gasteiger partial charge in [0.25, 0.3) is 5.91 Å². The number of rotatable bonds is 2. The highest BCUT2D eigenvalue weighted by molar-refractivity contribution is 6.31. The van der Waals surface area contributed by atoms with E-state index in [1.807, 2.05) is 36.1 Å². The Morgan fingerprint density at radius 3 is 2.52 bits per heavy atom. The number of carbonyl (C=O) groups is 2. The van der Waals surface area contributed by atoms with E-state index in [2.05, 4.69) is 19.2 Å². The first kappa shape index (κ1) is 20.2. The van der Waals surface area contributed by atoms with Crippen LogP contribution in [0.5, 0.6) is 0 Å². The van der Waals surface area contributed by atoms with Crippen molar-refractivity contribution in [2.75, 3.05) is 13.1 Å². The third-order valence-electron chi connectivity index (χ3n) is 6.33. The number of benzene rings is 1. The molecule has 1 atom stereocenters. The highest BCUT2D eigenvalue weighted by Crippen LogP contribution is 2.48. The first-order chi connectivity index (χ1) is 13.8. The van der Waals surface area contributed by atoms with E-state index in [0.717, 1.165) is 61.3 Å². The smallest absolute Gasteiger partial charge is 0.252 e. The van der Waals surface area contributed by atoms with Crippen LogP contribution >= 0.6 is 11.6 Å². The van der Waals surface area contributed by atoms with E-state index in [1.165, 1.54) is 0 Å². The average molecular weight is 413 g/mol. The minimum absolute atomic E-state index is 0.0313. The summed E-state index contributed by atoms with van der Waals surface area (Å²) in [6.45, 7) is 7.75.